The largest absolute Gasteiger partial charge is 0.393 e. The molecule has 0 heterocycles. The Labute approximate surface area is 95.3 Å². The lowest BCUT2D eigenvalue weighted by molar-refractivity contribution is 0.00999. The first-order valence-electron chi connectivity index (χ1n) is 6.59. The summed E-state index contributed by atoms with van der Waals surface area (Å²) in [5.41, 5.74) is 0.903. The molecule has 15 heavy (non-hydrogen) atoms. The summed E-state index contributed by atoms with van der Waals surface area (Å²) in [5.74, 6) is 0. The molecule has 0 amide bonds. The number of rotatable bonds is 4. The van der Waals surface area contributed by atoms with E-state index in [0.717, 1.165) is 12.8 Å². The van der Waals surface area contributed by atoms with Crippen molar-refractivity contribution in [2.75, 3.05) is 0 Å². The van der Waals surface area contributed by atoms with E-state index in [1.54, 1.807) is 0 Å². The molecule has 1 nitrogen and oxygen atoms in total. The SMILES string of the molecule is CCC(O)CCC1(C)CCCCC1(C)C. The normalized spacial score (nSPS) is 32.6. The first-order chi connectivity index (χ1) is 6.91. The number of aliphatic hydroxyl groups excluding tert-OH is 1. The lowest BCUT2D eigenvalue weighted by atomic mass is 9.57. The molecule has 1 aliphatic rings. The average molecular weight is 212 g/mol. The molecule has 2 atom stereocenters. The highest BCUT2D eigenvalue weighted by Crippen LogP contribution is 2.52. The third-order valence-electron chi connectivity index (χ3n) is 4.91. The van der Waals surface area contributed by atoms with Crippen molar-refractivity contribution < 1.29 is 5.11 Å². The van der Waals surface area contributed by atoms with Gasteiger partial charge in [0.2, 0.25) is 0 Å². The van der Waals surface area contributed by atoms with E-state index in [0.29, 0.717) is 10.8 Å². The van der Waals surface area contributed by atoms with Crippen LogP contribution in [0.3, 0.4) is 0 Å². The fourth-order valence-corrected chi connectivity index (χ4v) is 2.87. The van der Waals surface area contributed by atoms with E-state index in [2.05, 4.69) is 27.7 Å². The van der Waals surface area contributed by atoms with Gasteiger partial charge < -0.3 is 5.11 Å². The van der Waals surface area contributed by atoms with Gasteiger partial charge >= 0.3 is 0 Å². The zero-order valence-electron chi connectivity index (χ0n) is 11.0. The molecule has 0 saturated heterocycles. The zero-order chi connectivity index (χ0) is 11.5. The van der Waals surface area contributed by atoms with Gasteiger partial charge in [-0.1, -0.05) is 40.5 Å². The van der Waals surface area contributed by atoms with Gasteiger partial charge in [-0.25, -0.2) is 0 Å². The first kappa shape index (κ1) is 13.0. The van der Waals surface area contributed by atoms with Crippen LogP contribution in [0.5, 0.6) is 0 Å². The molecule has 0 aliphatic heterocycles. The zero-order valence-corrected chi connectivity index (χ0v) is 11.0. The van der Waals surface area contributed by atoms with Gasteiger partial charge in [0.1, 0.15) is 0 Å². The van der Waals surface area contributed by atoms with E-state index < -0.39 is 0 Å². The Morgan fingerprint density at radius 3 is 2.27 bits per heavy atom. The number of hydrogen-bond acceptors (Lipinski definition) is 1. The standard InChI is InChI=1S/C14H28O/c1-5-12(15)8-11-14(4)10-7-6-9-13(14,2)3/h12,15H,5-11H2,1-4H3. The minimum atomic E-state index is -0.0837. The van der Waals surface area contributed by atoms with Gasteiger partial charge in [-0.2, -0.15) is 0 Å². The summed E-state index contributed by atoms with van der Waals surface area (Å²) in [6, 6.07) is 0. The molecule has 0 spiro atoms. The van der Waals surface area contributed by atoms with E-state index in [1.165, 1.54) is 32.1 Å². The fraction of sp³-hybridized carbons (Fsp3) is 1.00. The lowest BCUT2D eigenvalue weighted by Crippen LogP contribution is -2.38. The molecular formula is C14H28O. The van der Waals surface area contributed by atoms with Crippen LogP contribution in [-0.2, 0) is 0 Å². The van der Waals surface area contributed by atoms with Gasteiger partial charge in [-0.15, -0.1) is 0 Å². The van der Waals surface area contributed by atoms with Gasteiger partial charge in [-0.3, -0.25) is 0 Å². The number of aliphatic hydroxyl groups is 1. The molecular weight excluding hydrogens is 184 g/mol. The maximum atomic E-state index is 9.67. The highest BCUT2D eigenvalue weighted by Gasteiger charge is 2.42. The Hall–Kier alpha value is -0.0400. The van der Waals surface area contributed by atoms with Crippen LogP contribution in [0.25, 0.3) is 0 Å². The van der Waals surface area contributed by atoms with Crippen molar-refractivity contribution in [1.29, 1.82) is 0 Å². The van der Waals surface area contributed by atoms with Gasteiger partial charge in [-0.05, 0) is 42.9 Å². The molecule has 0 aromatic heterocycles. The summed E-state index contributed by atoms with van der Waals surface area (Å²) < 4.78 is 0. The van der Waals surface area contributed by atoms with E-state index in [9.17, 15) is 5.11 Å². The molecule has 90 valence electrons. The molecule has 1 aliphatic carbocycles. The maximum Gasteiger partial charge on any atom is 0.0537 e. The minimum absolute atomic E-state index is 0.0837. The highest BCUT2D eigenvalue weighted by molar-refractivity contribution is 4.92. The average Bonchev–Trinajstić information content (AvgIpc) is 2.19. The maximum absolute atomic E-state index is 9.67. The predicted octanol–water partition coefficient (Wildman–Crippen LogP) is 4.14. The Bertz CT molecular complexity index is 198. The first-order valence-corrected chi connectivity index (χ1v) is 6.59. The predicted molar refractivity (Wildman–Crippen MR) is 65.9 cm³/mol. The van der Waals surface area contributed by atoms with E-state index >= 15 is 0 Å². The summed E-state index contributed by atoms with van der Waals surface area (Å²) >= 11 is 0. The number of hydrogen-bond donors (Lipinski definition) is 1. The quantitative estimate of drug-likeness (QED) is 0.742. The highest BCUT2D eigenvalue weighted by atomic mass is 16.3. The minimum Gasteiger partial charge on any atom is -0.393 e. The fourth-order valence-electron chi connectivity index (χ4n) is 2.87. The molecule has 2 unspecified atom stereocenters. The molecule has 0 radical (unpaired) electrons. The van der Waals surface area contributed by atoms with Crippen LogP contribution in [0.1, 0.15) is 72.6 Å². The monoisotopic (exact) mass is 212 g/mol. The Morgan fingerprint density at radius 1 is 1.13 bits per heavy atom. The van der Waals surface area contributed by atoms with Crippen LogP contribution in [0.4, 0.5) is 0 Å². The molecule has 1 saturated carbocycles. The third kappa shape index (κ3) is 2.96. The Kier molecular flexibility index (Phi) is 4.22. The van der Waals surface area contributed by atoms with Crippen molar-refractivity contribution in [1.82, 2.24) is 0 Å². The van der Waals surface area contributed by atoms with Gasteiger partial charge in [0.05, 0.1) is 6.10 Å². The molecule has 1 N–H and O–H groups in total. The molecule has 0 aromatic rings. The summed E-state index contributed by atoms with van der Waals surface area (Å²) in [7, 11) is 0. The van der Waals surface area contributed by atoms with Gasteiger partial charge in [0.25, 0.3) is 0 Å². The van der Waals surface area contributed by atoms with Crippen molar-refractivity contribution in [2.45, 2.75) is 78.7 Å². The van der Waals surface area contributed by atoms with Gasteiger partial charge in [0.15, 0.2) is 0 Å². The van der Waals surface area contributed by atoms with Crippen molar-refractivity contribution in [2.24, 2.45) is 10.8 Å². The summed E-state index contributed by atoms with van der Waals surface area (Å²) in [6.45, 7) is 9.31. The summed E-state index contributed by atoms with van der Waals surface area (Å²) in [6.07, 6.45) is 8.45. The molecule has 1 rings (SSSR count). The Balaban J connectivity index is 2.55. The second-order valence-electron chi connectivity index (χ2n) is 6.25. The second-order valence-corrected chi connectivity index (χ2v) is 6.25. The van der Waals surface area contributed by atoms with E-state index in [4.69, 9.17) is 0 Å². The van der Waals surface area contributed by atoms with Gasteiger partial charge in [0, 0.05) is 0 Å². The van der Waals surface area contributed by atoms with Crippen LogP contribution in [0.2, 0.25) is 0 Å². The van der Waals surface area contributed by atoms with Crippen LogP contribution in [0.15, 0.2) is 0 Å². The third-order valence-corrected chi connectivity index (χ3v) is 4.91. The molecule has 0 aromatic carbocycles. The van der Waals surface area contributed by atoms with Crippen LogP contribution < -0.4 is 0 Å². The lowest BCUT2D eigenvalue weighted by Gasteiger charge is -2.49. The van der Waals surface area contributed by atoms with Crippen LogP contribution in [0, 0.1) is 10.8 Å². The molecule has 0 bridgehead atoms. The second kappa shape index (κ2) is 4.86. The van der Waals surface area contributed by atoms with E-state index in [1.807, 2.05) is 0 Å². The smallest absolute Gasteiger partial charge is 0.0537 e. The Morgan fingerprint density at radius 2 is 1.73 bits per heavy atom. The summed E-state index contributed by atoms with van der Waals surface area (Å²) in [4.78, 5) is 0. The van der Waals surface area contributed by atoms with Crippen molar-refractivity contribution in [3.8, 4) is 0 Å². The topological polar surface area (TPSA) is 20.2 Å². The van der Waals surface area contributed by atoms with Crippen LogP contribution >= 0.6 is 0 Å². The molecule has 1 fully saturated rings. The van der Waals surface area contributed by atoms with Crippen LogP contribution in [-0.4, -0.2) is 11.2 Å². The summed E-state index contributed by atoms with van der Waals surface area (Å²) in [5, 5.41) is 9.67. The van der Waals surface area contributed by atoms with Crippen molar-refractivity contribution in [3.63, 3.8) is 0 Å². The molecule has 1 heteroatoms. The van der Waals surface area contributed by atoms with Crippen molar-refractivity contribution >= 4 is 0 Å². The van der Waals surface area contributed by atoms with E-state index in [-0.39, 0.29) is 6.10 Å². The van der Waals surface area contributed by atoms with Crippen molar-refractivity contribution in [3.05, 3.63) is 0 Å².